The first-order valence-electron chi connectivity index (χ1n) is 14.4. The number of methoxy groups -OCH3 is 1. The number of carbonyl (C=O) groups excluding carboxylic acids is 2. The van der Waals surface area contributed by atoms with Gasteiger partial charge in [-0.1, -0.05) is 60.7 Å². The van der Waals surface area contributed by atoms with Crippen LogP contribution in [0.25, 0.3) is 0 Å². The van der Waals surface area contributed by atoms with E-state index in [9.17, 15) is 9.59 Å². The van der Waals surface area contributed by atoms with Crippen molar-refractivity contribution in [3.63, 3.8) is 0 Å². The number of furan rings is 1. The number of nitrogens with one attached hydrogen (secondary N) is 1. The first kappa shape index (κ1) is 28.6. The molecular weight excluding hydrogens is 514 g/mol. The molecule has 0 radical (unpaired) electrons. The van der Waals surface area contributed by atoms with Crippen molar-refractivity contribution >= 4 is 17.6 Å². The number of rotatable bonds is 9. The van der Waals surface area contributed by atoms with Crippen molar-refractivity contribution in [3.8, 4) is 0 Å². The zero-order chi connectivity index (χ0) is 28.8. The molecule has 7 heteroatoms. The van der Waals surface area contributed by atoms with Crippen LogP contribution in [-0.4, -0.2) is 55.8 Å². The first-order valence-corrected chi connectivity index (χ1v) is 14.4. The number of ether oxygens (including phenoxy) is 1. The second kappa shape index (κ2) is 12.7. The molecule has 0 aliphatic carbocycles. The third kappa shape index (κ3) is 5.91. The van der Waals surface area contributed by atoms with E-state index in [1.807, 2.05) is 6.92 Å². The zero-order valence-electron chi connectivity index (χ0n) is 24.1. The zero-order valence-corrected chi connectivity index (χ0v) is 24.1. The molecule has 0 spiro atoms. The number of piperidine rings is 1. The number of allylic oxidation sites excluding steroid dienone is 1. The fraction of sp³-hybridized carbons (Fsp3) is 0.382. The Hall–Kier alpha value is -3.97. The molecule has 1 saturated heterocycles. The summed E-state index contributed by atoms with van der Waals surface area (Å²) < 4.78 is 10.4. The summed E-state index contributed by atoms with van der Waals surface area (Å²) in [5.41, 5.74) is 5.27. The second-order valence-corrected chi connectivity index (χ2v) is 11.1. The van der Waals surface area contributed by atoms with Gasteiger partial charge in [0, 0.05) is 34.9 Å². The maximum Gasteiger partial charge on any atom is 0.315 e. The average molecular weight is 554 g/mol. The highest BCUT2D eigenvalue weighted by Gasteiger charge is 2.42. The number of benzene rings is 2. The number of amides is 1. The number of aliphatic imine (C=N–C) groups is 1. The van der Waals surface area contributed by atoms with Crippen molar-refractivity contribution in [1.82, 2.24) is 10.2 Å². The van der Waals surface area contributed by atoms with Crippen LogP contribution >= 0.6 is 0 Å². The summed E-state index contributed by atoms with van der Waals surface area (Å²) in [4.78, 5) is 33.3. The molecule has 3 heterocycles. The van der Waals surface area contributed by atoms with Gasteiger partial charge in [-0.15, -0.1) is 0 Å². The van der Waals surface area contributed by atoms with Gasteiger partial charge in [-0.2, -0.15) is 0 Å². The van der Waals surface area contributed by atoms with Crippen LogP contribution in [0.1, 0.15) is 55.7 Å². The number of nitrogens with zero attached hydrogens (tertiary/aromatic N) is 2. The van der Waals surface area contributed by atoms with Crippen molar-refractivity contribution in [1.29, 1.82) is 0 Å². The summed E-state index contributed by atoms with van der Waals surface area (Å²) in [7, 11) is 1.36. The first-order chi connectivity index (χ1) is 19.9. The van der Waals surface area contributed by atoms with E-state index in [0.29, 0.717) is 23.5 Å². The van der Waals surface area contributed by atoms with Gasteiger partial charge in [0.05, 0.1) is 19.6 Å². The smallest absolute Gasteiger partial charge is 0.315 e. The molecule has 3 aromatic rings. The minimum Gasteiger partial charge on any atom is -0.472 e. The lowest BCUT2D eigenvalue weighted by Gasteiger charge is -2.43. The molecule has 2 aromatic carbocycles. The maximum atomic E-state index is 13.5. The van der Waals surface area contributed by atoms with Crippen LogP contribution in [0.15, 0.2) is 99.9 Å². The number of esters is 1. The van der Waals surface area contributed by atoms with Crippen LogP contribution in [0, 0.1) is 5.92 Å². The predicted molar refractivity (Wildman–Crippen MR) is 160 cm³/mol. The van der Waals surface area contributed by atoms with Gasteiger partial charge in [0.1, 0.15) is 5.92 Å². The Morgan fingerprint density at radius 1 is 1.00 bits per heavy atom. The summed E-state index contributed by atoms with van der Waals surface area (Å²) in [5.74, 6) is -1.80. The van der Waals surface area contributed by atoms with E-state index in [0.717, 1.165) is 44.5 Å². The van der Waals surface area contributed by atoms with E-state index >= 15 is 0 Å². The third-order valence-electron chi connectivity index (χ3n) is 8.73. The van der Waals surface area contributed by atoms with Crippen LogP contribution in [0.2, 0.25) is 0 Å². The minimum atomic E-state index is -0.676. The maximum absolute atomic E-state index is 13.5. The molecule has 1 fully saturated rings. The van der Waals surface area contributed by atoms with Crippen LogP contribution in [-0.2, 0) is 19.7 Å². The normalized spacial score (nSPS) is 20.8. The second-order valence-electron chi connectivity index (χ2n) is 11.1. The molecule has 2 aliphatic heterocycles. The molecule has 0 saturated carbocycles. The Labute approximate surface area is 242 Å². The Balaban J connectivity index is 1.21. The molecule has 41 heavy (non-hydrogen) atoms. The van der Waals surface area contributed by atoms with Gasteiger partial charge in [0.25, 0.3) is 0 Å². The van der Waals surface area contributed by atoms with Crippen molar-refractivity contribution in [3.05, 3.63) is 107 Å². The van der Waals surface area contributed by atoms with E-state index in [1.54, 1.807) is 25.5 Å². The highest BCUT2D eigenvalue weighted by molar-refractivity contribution is 6.07. The molecule has 2 atom stereocenters. The quantitative estimate of drug-likeness (QED) is 0.280. The molecule has 2 unspecified atom stereocenters. The highest BCUT2D eigenvalue weighted by atomic mass is 16.5. The van der Waals surface area contributed by atoms with Crippen LogP contribution in [0.3, 0.4) is 0 Å². The van der Waals surface area contributed by atoms with Crippen molar-refractivity contribution in [2.45, 2.75) is 44.4 Å². The van der Waals surface area contributed by atoms with Crippen molar-refractivity contribution in [2.24, 2.45) is 10.9 Å². The third-order valence-corrected chi connectivity index (χ3v) is 8.73. The van der Waals surface area contributed by atoms with Crippen molar-refractivity contribution in [2.75, 3.05) is 33.3 Å². The SMILES string of the molecule is COC(=O)C1C(C)=NC(C)=C(C(=O)NCCCN2CCC(c3ccccc3)(c3ccccc3)CC2)C1c1ccoc1. The molecule has 2 aliphatic rings. The minimum absolute atomic E-state index is 0.0230. The number of hydrogen-bond donors (Lipinski definition) is 1. The fourth-order valence-corrected chi connectivity index (χ4v) is 6.59. The molecule has 1 amide bonds. The number of likely N-dealkylation sites (tertiary alicyclic amines) is 1. The molecule has 0 bridgehead atoms. The molecule has 7 nitrogen and oxygen atoms in total. The van der Waals surface area contributed by atoms with Crippen LogP contribution in [0.4, 0.5) is 0 Å². The van der Waals surface area contributed by atoms with Crippen molar-refractivity contribution < 1.29 is 18.7 Å². The van der Waals surface area contributed by atoms with Gasteiger partial charge < -0.3 is 19.4 Å². The summed E-state index contributed by atoms with van der Waals surface area (Å²) in [6, 6.07) is 23.5. The van der Waals surface area contributed by atoms with E-state index in [1.165, 1.54) is 18.2 Å². The summed E-state index contributed by atoms with van der Waals surface area (Å²) in [6.45, 7) is 7.07. The van der Waals surface area contributed by atoms with Gasteiger partial charge in [-0.3, -0.25) is 14.6 Å². The lowest BCUT2D eigenvalue weighted by molar-refractivity contribution is -0.143. The Morgan fingerprint density at radius 2 is 1.63 bits per heavy atom. The summed E-state index contributed by atoms with van der Waals surface area (Å²) in [6.07, 6.45) is 6.08. The average Bonchev–Trinajstić information content (AvgIpc) is 3.55. The lowest BCUT2D eigenvalue weighted by atomic mass is 9.68. The van der Waals surface area contributed by atoms with Gasteiger partial charge in [-0.05, 0) is 75.5 Å². The van der Waals surface area contributed by atoms with Gasteiger partial charge in [0.2, 0.25) is 5.91 Å². The molecule has 1 aromatic heterocycles. The topological polar surface area (TPSA) is 84.1 Å². The number of hydrogen-bond acceptors (Lipinski definition) is 6. The largest absolute Gasteiger partial charge is 0.472 e. The van der Waals surface area contributed by atoms with E-state index < -0.39 is 17.8 Å². The Morgan fingerprint density at radius 3 is 2.20 bits per heavy atom. The summed E-state index contributed by atoms with van der Waals surface area (Å²) >= 11 is 0. The summed E-state index contributed by atoms with van der Waals surface area (Å²) in [5, 5.41) is 3.10. The van der Waals surface area contributed by atoms with E-state index in [-0.39, 0.29) is 11.3 Å². The molecular formula is C34H39N3O4. The van der Waals surface area contributed by atoms with E-state index in [2.05, 4.69) is 75.9 Å². The standard InChI is InChI=1S/C34H39N3O4/c1-24-29(31(26-15-22-41-23-26)30(25(2)36-24)33(39)40-3)32(38)35-18-10-19-37-20-16-34(17-21-37,27-11-6-4-7-12-27)28-13-8-5-9-14-28/h4-9,11-15,22-23,30-31H,10,16-21H2,1-3H3,(H,35,38). The van der Waals surface area contributed by atoms with Crippen LogP contribution < -0.4 is 5.32 Å². The molecule has 214 valence electrons. The monoisotopic (exact) mass is 553 g/mol. The molecule has 5 rings (SSSR count). The Kier molecular flexibility index (Phi) is 8.84. The highest BCUT2D eigenvalue weighted by Crippen LogP contribution is 2.42. The fourth-order valence-electron chi connectivity index (χ4n) is 6.59. The van der Waals surface area contributed by atoms with Gasteiger partial charge >= 0.3 is 5.97 Å². The lowest BCUT2D eigenvalue weighted by Crippen LogP contribution is -2.44. The van der Waals surface area contributed by atoms with Gasteiger partial charge in [-0.25, -0.2) is 0 Å². The number of carbonyl (C=O) groups is 2. The van der Waals surface area contributed by atoms with Gasteiger partial charge in [0.15, 0.2) is 0 Å². The van der Waals surface area contributed by atoms with Crippen LogP contribution in [0.5, 0.6) is 0 Å². The predicted octanol–water partition coefficient (Wildman–Crippen LogP) is 5.49. The van der Waals surface area contributed by atoms with E-state index in [4.69, 9.17) is 9.15 Å². The Bertz CT molecular complexity index is 1350. The molecule has 1 N–H and O–H groups in total.